The molecule has 104 valence electrons. The van der Waals surface area contributed by atoms with Gasteiger partial charge in [0.25, 0.3) is 5.91 Å². The lowest BCUT2D eigenvalue weighted by molar-refractivity contribution is -0.138. The van der Waals surface area contributed by atoms with Crippen molar-refractivity contribution >= 4 is 21.8 Å². The van der Waals surface area contributed by atoms with Crippen LogP contribution in [0.15, 0.2) is 22.7 Å². The summed E-state index contributed by atoms with van der Waals surface area (Å²) >= 11 is 3.28. The second kappa shape index (κ2) is 6.34. The molecule has 1 amide bonds. The number of nitrogens with one attached hydrogen (secondary N) is 1. The summed E-state index contributed by atoms with van der Waals surface area (Å²) in [6.07, 6.45) is -0.629. The van der Waals surface area contributed by atoms with Crippen LogP contribution >= 0.6 is 15.9 Å². The summed E-state index contributed by atoms with van der Waals surface area (Å²) in [6.45, 7) is 4.62. The van der Waals surface area contributed by atoms with Gasteiger partial charge in [0.15, 0.2) is 6.10 Å². The number of carbonyl (C=O) groups excluding carboxylic acids is 1. The number of ether oxygens (including phenoxy) is 1. The van der Waals surface area contributed by atoms with E-state index < -0.39 is 6.10 Å². The van der Waals surface area contributed by atoms with E-state index in [1.807, 2.05) is 0 Å². The third kappa shape index (κ3) is 3.67. The van der Waals surface area contributed by atoms with Crippen molar-refractivity contribution in [2.24, 2.45) is 0 Å². The van der Waals surface area contributed by atoms with Crippen LogP contribution < -0.4 is 10.1 Å². The monoisotopic (exact) mass is 330 g/mol. The van der Waals surface area contributed by atoms with Crippen LogP contribution in [0.1, 0.15) is 6.92 Å². The molecule has 1 aromatic carbocycles. The molecule has 1 fully saturated rings. The summed E-state index contributed by atoms with van der Waals surface area (Å²) < 4.78 is 19.3. The van der Waals surface area contributed by atoms with Crippen LogP contribution in [0.2, 0.25) is 0 Å². The predicted molar refractivity (Wildman–Crippen MR) is 73.6 cm³/mol. The molecule has 1 N–H and O–H groups in total. The highest BCUT2D eigenvalue weighted by Crippen LogP contribution is 2.26. The average molecular weight is 331 g/mol. The van der Waals surface area contributed by atoms with Crippen molar-refractivity contribution in [3.8, 4) is 5.75 Å². The highest BCUT2D eigenvalue weighted by molar-refractivity contribution is 9.10. The Morgan fingerprint density at radius 1 is 1.47 bits per heavy atom. The Hall–Kier alpha value is -1.14. The number of amides is 1. The number of hydrogen-bond donors (Lipinski definition) is 1. The van der Waals surface area contributed by atoms with Crippen molar-refractivity contribution in [3.63, 3.8) is 0 Å². The van der Waals surface area contributed by atoms with Crippen LogP contribution in [0, 0.1) is 5.82 Å². The molecule has 4 nitrogen and oxygen atoms in total. The molecule has 19 heavy (non-hydrogen) atoms. The first kappa shape index (κ1) is 14.3. The molecule has 1 aliphatic rings. The smallest absolute Gasteiger partial charge is 0.263 e. The Kier molecular flexibility index (Phi) is 4.76. The lowest BCUT2D eigenvalue weighted by atomic mass is 10.2. The number of carbonyl (C=O) groups is 1. The number of benzene rings is 1. The zero-order valence-corrected chi connectivity index (χ0v) is 12.2. The van der Waals surface area contributed by atoms with Gasteiger partial charge in [0.05, 0.1) is 4.47 Å². The maximum atomic E-state index is 13.1. The number of rotatable bonds is 3. The zero-order chi connectivity index (χ0) is 13.8. The minimum absolute atomic E-state index is 0.0716. The van der Waals surface area contributed by atoms with Gasteiger partial charge < -0.3 is 15.0 Å². The molecule has 0 aromatic heterocycles. The Balaban J connectivity index is 2.01. The fourth-order valence-electron chi connectivity index (χ4n) is 1.95. The van der Waals surface area contributed by atoms with E-state index in [2.05, 4.69) is 21.2 Å². The second-order valence-corrected chi connectivity index (χ2v) is 5.26. The fourth-order valence-corrected chi connectivity index (χ4v) is 2.29. The molecule has 0 spiro atoms. The standard InChI is InChI=1S/C13H16BrFN2O2/c1-9(13(18)17-6-4-16-5-7-17)19-12-8-10(15)2-3-11(12)14/h2-3,8-9,16H,4-7H2,1H3. The first-order chi connectivity index (χ1) is 9.08. The molecule has 0 saturated carbocycles. The Morgan fingerprint density at radius 3 is 2.84 bits per heavy atom. The molecule has 0 bridgehead atoms. The van der Waals surface area contributed by atoms with Crippen molar-refractivity contribution in [1.29, 1.82) is 0 Å². The van der Waals surface area contributed by atoms with Gasteiger partial charge in [-0.2, -0.15) is 0 Å². The van der Waals surface area contributed by atoms with E-state index >= 15 is 0 Å². The number of nitrogens with zero attached hydrogens (tertiary/aromatic N) is 1. The highest BCUT2D eigenvalue weighted by atomic mass is 79.9. The van der Waals surface area contributed by atoms with E-state index in [1.54, 1.807) is 17.9 Å². The highest BCUT2D eigenvalue weighted by Gasteiger charge is 2.23. The van der Waals surface area contributed by atoms with Gasteiger partial charge in [0.1, 0.15) is 11.6 Å². The quantitative estimate of drug-likeness (QED) is 0.918. The Labute approximate surface area is 120 Å². The van der Waals surface area contributed by atoms with Crippen molar-refractivity contribution in [2.45, 2.75) is 13.0 Å². The van der Waals surface area contributed by atoms with Gasteiger partial charge in [-0.3, -0.25) is 4.79 Å². The average Bonchev–Trinajstić information content (AvgIpc) is 2.43. The largest absolute Gasteiger partial charge is 0.480 e. The molecule has 1 aliphatic heterocycles. The summed E-state index contributed by atoms with van der Waals surface area (Å²) in [5.41, 5.74) is 0. The molecule has 0 radical (unpaired) electrons. The van der Waals surface area contributed by atoms with Crippen LogP contribution in [-0.4, -0.2) is 43.1 Å². The van der Waals surface area contributed by atoms with E-state index in [1.165, 1.54) is 12.1 Å². The van der Waals surface area contributed by atoms with Gasteiger partial charge in [-0.25, -0.2) is 4.39 Å². The number of halogens is 2. The first-order valence-corrected chi connectivity index (χ1v) is 6.98. The van der Waals surface area contributed by atoms with Gasteiger partial charge in [0, 0.05) is 32.2 Å². The molecule has 1 heterocycles. The fraction of sp³-hybridized carbons (Fsp3) is 0.462. The summed E-state index contributed by atoms with van der Waals surface area (Å²) in [5, 5.41) is 3.18. The van der Waals surface area contributed by atoms with Crippen molar-refractivity contribution in [2.75, 3.05) is 26.2 Å². The summed E-state index contributed by atoms with van der Waals surface area (Å²) in [6, 6.07) is 4.16. The normalized spacial score (nSPS) is 17.1. The van der Waals surface area contributed by atoms with E-state index in [9.17, 15) is 9.18 Å². The minimum Gasteiger partial charge on any atom is -0.480 e. The Bertz CT molecular complexity index is 464. The van der Waals surface area contributed by atoms with Crippen LogP contribution in [0.3, 0.4) is 0 Å². The topological polar surface area (TPSA) is 41.6 Å². The third-order valence-electron chi connectivity index (χ3n) is 2.97. The van der Waals surface area contributed by atoms with E-state index in [-0.39, 0.29) is 11.7 Å². The second-order valence-electron chi connectivity index (χ2n) is 4.41. The SMILES string of the molecule is CC(Oc1cc(F)ccc1Br)C(=O)N1CCNCC1. The van der Waals surface area contributed by atoms with Crippen molar-refractivity contribution in [1.82, 2.24) is 10.2 Å². The van der Waals surface area contributed by atoms with E-state index in [4.69, 9.17) is 4.74 Å². The maximum absolute atomic E-state index is 13.1. The summed E-state index contributed by atoms with van der Waals surface area (Å²) in [5.74, 6) is -0.117. The van der Waals surface area contributed by atoms with Crippen LogP contribution in [0.25, 0.3) is 0 Å². The maximum Gasteiger partial charge on any atom is 0.263 e. The van der Waals surface area contributed by atoms with Gasteiger partial charge in [-0.05, 0) is 35.0 Å². The molecular weight excluding hydrogens is 315 g/mol. The van der Waals surface area contributed by atoms with Crippen LogP contribution in [-0.2, 0) is 4.79 Å². The number of hydrogen-bond acceptors (Lipinski definition) is 3. The molecule has 6 heteroatoms. The molecule has 1 unspecified atom stereocenters. The van der Waals surface area contributed by atoms with Crippen molar-refractivity contribution < 1.29 is 13.9 Å². The Morgan fingerprint density at radius 2 is 2.16 bits per heavy atom. The zero-order valence-electron chi connectivity index (χ0n) is 10.7. The third-order valence-corrected chi connectivity index (χ3v) is 3.63. The van der Waals surface area contributed by atoms with Gasteiger partial charge >= 0.3 is 0 Å². The number of piperazine rings is 1. The lowest BCUT2D eigenvalue weighted by Crippen LogP contribution is -2.50. The first-order valence-electron chi connectivity index (χ1n) is 6.19. The molecule has 0 aliphatic carbocycles. The molecule has 1 atom stereocenters. The van der Waals surface area contributed by atoms with Crippen molar-refractivity contribution in [3.05, 3.63) is 28.5 Å². The molecular formula is C13H16BrFN2O2. The van der Waals surface area contributed by atoms with Gasteiger partial charge in [0.2, 0.25) is 0 Å². The van der Waals surface area contributed by atoms with E-state index in [0.29, 0.717) is 23.3 Å². The van der Waals surface area contributed by atoms with Crippen LogP contribution in [0.5, 0.6) is 5.75 Å². The molecule has 1 saturated heterocycles. The van der Waals surface area contributed by atoms with Gasteiger partial charge in [-0.15, -0.1) is 0 Å². The van der Waals surface area contributed by atoms with E-state index in [0.717, 1.165) is 13.1 Å². The van der Waals surface area contributed by atoms with Gasteiger partial charge in [-0.1, -0.05) is 0 Å². The predicted octanol–water partition coefficient (Wildman–Crippen LogP) is 1.79. The lowest BCUT2D eigenvalue weighted by Gasteiger charge is -2.29. The minimum atomic E-state index is -0.629. The molecule has 1 aromatic rings. The summed E-state index contributed by atoms with van der Waals surface area (Å²) in [4.78, 5) is 13.9. The summed E-state index contributed by atoms with van der Waals surface area (Å²) in [7, 11) is 0. The van der Waals surface area contributed by atoms with Crippen LogP contribution in [0.4, 0.5) is 4.39 Å². The molecule has 2 rings (SSSR count).